The molecule has 28 heavy (non-hydrogen) atoms. The van der Waals surface area contributed by atoms with Crippen LogP contribution in [0.1, 0.15) is 36.1 Å². The maximum atomic E-state index is 12.7. The van der Waals surface area contributed by atoms with Crippen LogP contribution in [-0.4, -0.2) is 29.0 Å². The molecule has 1 aromatic heterocycles. The minimum absolute atomic E-state index is 0.0948. The molecule has 2 heterocycles. The normalized spacial score (nSPS) is 15.4. The standard InChI is InChI=1S/C22H23N3O3/c1-14-4-3-5-18(12-14)16-8-10-25(11-9-16)21(26)23-15(2)17-6-7-19-20(13-17)28-22(27)24-19/h3-8,12-13,15H,9-11H2,1-2H3,(H,23,26)(H,24,27). The molecule has 0 spiro atoms. The summed E-state index contributed by atoms with van der Waals surface area (Å²) in [5.41, 5.74) is 5.78. The maximum absolute atomic E-state index is 12.7. The highest BCUT2D eigenvalue weighted by Gasteiger charge is 2.20. The van der Waals surface area contributed by atoms with Crippen LogP contribution in [0.25, 0.3) is 16.7 Å². The number of carbonyl (C=O) groups is 1. The van der Waals surface area contributed by atoms with Crippen molar-refractivity contribution in [1.29, 1.82) is 0 Å². The van der Waals surface area contributed by atoms with Gasteiger partial charge in [0.15, 0.2) is 5.58 Å². The van der Waals surface area contributed by atoms with Gasteiger partial charge in [0, 0.05) is 13.1 Å². The summed E-state index contributed by atoms with van der Waals surface area (Å²) in [5.74, 6) is -0.478. The number of aromatic nitrogens is 1. The second-order valence-electron chi connectivity index (χ2n) is 7.24. The van der Waals surface area contributed by atoms with Crippen LogP contribution < -0.4 is 11.1 Å². The van der Waals surface area contributed by atoms with E-state index in [-0.39, 0.29) is 12.1 Å². The molecule has 2 N–H and O–H groups in total. The number of hydrogen-bond acceptors (Lipinski definition) is 3. The number of aryl methyl sites for hydroxylation is 1. The number of H-pyrrole nitrogens is 1. The monoisotopic (exact) mass is 377 g/mol. The fourth-order valence-electron chi connectivity index (χ4n) is 3.55. The van der Waals surface area contributed by atoms with E-state index in [0.717, 1.165) is 12.0 Å². The van der Waals surface area contributed by atoms with Crippen LogP contribution in [0.5, 0.6) is 0 Å². The Morgan fingerprint density at radius 3 is 2.86 bits per heavy atom. The zero-order valence-electron chi connectivity index (χ0n) is 16.0. The number of urea groups is 1. The lowest BCUT2D eigenvalue weighted by Gasteiger charge is -2.28. The van der Waals surface area contributed by atoms with Crippen LogP contribution in [0.4, 0.5) is 4.79 Å². The second kappa shape index (κ2) is 7.38. The third kappa shape index (κ3) is 3.71. The Morgan fingerprint density at radius 1 is 1.25 bits per heavy atom. The van der Waals surface area contributed by atoms with Gasteiger partial charge in [-0.15, -0.1) is 0 Å². The Morgan fingerprint density at radius 2 is 2.11 bits per heavy atom. The van der Waals surface area contributed by atoms with Gasteiger partial charge in [-0.05, 0) is 49.1 Å². The number of oxazole rings is 1. The topological polar surface area (TPSA) is 78.3 Å². The highest BCUT2D eigenvalue weighted by Crippen LogP contribution is 2.24. The van der Waals surface area contributed by atoms with Gasteiger partial charge in [-0.25, -0.2) is 9.59 Å². The number of hydrogen-bond donors (Lipinski definition) is 2. The zero-order valence-corrected chi connectivity index (χ0v) is 16.0. The van der Waals surface area contributed by atoms with E-state index in [9.17, 15) is 9.59 Å². The largest absolute Gasteiger partial charge is 0.417 e. The van der Waals surface area contributed by atoms with Gasteiger partial charge in [-0.2, -0.15) is 0 Å². The summed E-state index contributed by atoms with van der Waals surface area (Å²) in [7, 11) is 0. The quantitative estimate of drug-likeness (QED) is 0.724. The van der Waals surface area contributed by atoms with Crippen LogP contribution in [0, 0.1) is 6.92 Å². The summed E-state index contributed by atoms with van der Waals surface area (Å²) >= 11 is 0. The first-order chi connectivity index (χ1) is 13.5. The van der Waals surface area contributed by atoms with Crippen molar-refractivity contribution in [3.8, 4) is 0 Å². The van der Waals surface area contributed by atoms with Crippen molar-refractivity contribution in [1.82, 2.24) is 15.2 Å². The molecule has 1 aliphatic rings. The van der Waals surface area contributed by atoms with E-state index in [1.807, 2.05) is 17.9 Å². The van der Waals surface area contributed by atoms with Crippen molar-refractivity contribution in [3.05, 3.63) is 75.8 Å². The lowest BCUT2D eigenvalue weighted by molar-refractivity contribution is 0.199. The average molecular weight is 377 g/mol. The molecule has 0 aliphatic carbocycles. The van der Waals surface area contributed by atoms with Gasteiger partial charge in [0.25, 0.3) is 0 Å². The molecule has 144 valence electrons. The Balaban J connectivity index is 1.41. The molecule has 0 saturated carbocycles. The summed E-state index contributed by atoms with van der Waals surface area (Å²) in [6.45, 7) is 5.28. The summed E-state index contributed by atoms with van der Waals surface area (Å²) < 4.78 is 5.10. The van der Waals surface area contributed by atoms with E-state index in [0.29, 0.717) is 24.2 Å². The van der Waals surface area contributed by atoms with E-state index in [1.54, 1.807) is 12.1 Å². The number of nitrogens with one attached hydrogen (secondary N) is 2. The average Bonchev–Trinajstić information content (AvgIpc) is 3.07. The van der Waals surface area contributed by atoms with E-state index in [1.165, 1.54) is 16.7 Å². The molecule has 2 aromatic carbocycles. The van der Waals surface area contributed by atoms with Crippen molar-refractivity contribution >= 4 is 22.7 Å². The summed E-state index contributed by atoms with van der Waals surface area (Å²) in [6, 6.07) is 13.6. The summed E-state index contributed by atoms with van der Waals surface area (Å²) in [6.07, 6.45) is 2.97. The first kappa shape index (κ1) is 18.1. The molecule has 0 radical (unpaired) electrons. The van der Waals surface area contributed by atoms with E-state index in [2.05, 4.69) is 47.6 Å². The fraction of sp³-hybridized carbons (Fsp3) is 0.273. The van der Waals surface area contributed by atoms with Crippen molar-refractivity contribution in [2.45, 2.75) is 26.3 Å². The summed E-state index contributed by atoms with van der Waals surface area (Å²) in [5, 5.41) is 3.03. The molecule has 2 amide bonds. The molecule has 1 atom stereocenters. The molecular weight excluding hydrogens is 354 g/mol. The van der Waals surface area contributed by atoms with Gasteiger partial charge in [0.1, 0.15) is 0 Å². The zero-order chi connectivity index (χ0) is 19.7. The second-order valence-corrected chi connectivity index (χ2v) is 7.24. The molecule has 3 aromatic rings. The molecule has 1 aliphatic heterocycles. The SMILES string of the molecule is Cc1cccc(C2=CCN(C(=O)NC(C)c3ccc4[nH]c(=O)oc4c3)CC2)c1. The van der Waals surface area contributed by atoms with Gasteiger partial charge in [0.05, 0.1) is 11.6 Å². The lowest BCUT2D eigenvalue weighted by atomic mass is 9.98. The van der Waals surface area contributed by atoms with E-state index < -0.39 is 5.76 Å². The van der Waals surface area contributed by atoms with Crippen molar-refractivity contribution in [2.24, 2.45) is 0 Å². The highest BCUT2D eigenvalue weighted by atomic mass is 16.4. The number of carbonyl (C=O) groups excluding carboxylic acids is 1. The lowest BCUT2D eigenvalue weighted by Crippen LogP contribution is -2.43. The fourth-order valence-corrected chi connectivity index (χ4v) is 3.55. The van der Waals surface area contributed by atoms with Crippen LogP contribution in [0.3, 0.4) is 0 Å². The minimum atomic E-state index is -0.478. The Kier molecular flexibility index (Phi) is 4.77. The number of nitrogens with zero attached hydrogens (tertiary/aromatic N) is 1. The smallest absolute Gasteiger partial charge is 0.408 e. The number of benzene rings is 2. The first-order valence-corrected chi connectivity index (χ1v) is 9.44. The van der Waals surface area contributed by atoms with Crippen molar-refractivity contribution in [3.63, 3.8) is 0 Å². The van der Waals surface area contributed by atoms with E-state index in [4.69, 9.17) is 4.42 Å². The number of amides is 2. The third-order valence-electron chi connectivity index (χ3n) is 5.17. The van der Waals surface area contributed by atoms with Crippen molar-refractivity contribution < 1.29 is 9.21 Å². The molecule has 6 nitrogen and oxygen atoms in total. The maximum Gasteiger partial charge on any atom is 0.417 e. The Hall–Kier alpha value is -3.28. The van der Waals surface area contributed by atoms with Crippen LogP contribution in [0.2, 0.25) is 0 Å². The Bertz CT molecular complexity index is 1110. The van der Waals surface area contributed by atoms with Gasteiger partial charge >= 0.3 is 11.8 Å². The molecule has 0 fully saturated rings. The highest BCUT2D eigenvalue weighted by molar-refractivity contribution is 5.78. The minimum Gasteiger partial charge on any atom is -0.408 e. The van der Waals surface area contributed by atoms with Crippen LogP contribution in [-0.2, 0) is 0 Å². The molecule has 0 bridgehead atoms. The molecule has 6 heteroatoms. The van der Waals surface area contributed by atoms with Crippen molar-refractivity contribution in [2.75, 3.05) is 13.1 Å². The molecular formula is C22H23N3O3. The van der Waals surface area contributed by atoms with Gasteiger partial charge in [-0.1, -0.05) is 42.0 Å². The predicted octanol–water partition coefficient (Wildman–Crippen LogP) is 3.99. The third-order valence-corrected chi connectivity index (χ3v) is 5.17. The first-order valence-electron chi connectivity index (χ1n) is 9.44. The molecule has 1 unspecified atom stereocenters. The number of fused-ring (bicyclic) bond motifs is 1. The van der Waals surface area contributed by atoms with Crippen LogP contribution in [0.15, 0.2) is 57.8 Å². The number of aromatic amines is 1. The molecule has 4 rings (SSSR count). The Labute approximate surface area is 162 Å². The summed E-state index contributed by atoms with van der Waals surface area (Å²) in [4.78, 5) is 28.4. The number of rotatable bonds is 3. The van der Waals surface area contributed by atoms with Gasteiger partial charge in [-0.3, -0.25) is 4.98 Å². The predicted molar refractivity (Wildman–Crippen MR) is 109 cm³/mol. The molecule has 0 saturated heterocycles. The van der Waals surface area contributed by atoms with Gasteiger partial charge in [0.2, 0.25) is 0 Å². The van der Waals surface area contributed by atoms with E-state index >= 15 is 0 Å². The van der Waals surface area contributed by atoms with Crippen LogP contribution >= 0.6 is 0 Å². The van der Waals surface area contributed by atoms with Gasteiger partial charge < -0.3 is 14.6 Å².